The minimum absolute atomic E-state index is 0.108. The number of hydrogen-bond acceptors (Lipinski definition) is 7. The summed E-state index contributed by atoms with van der Waals surface area (Å²) < 4.78 is 10.6. The van der Waals surface area contributed by atoms with Gasteiger partial charge in [-0.15, -0.1) is 0 Å². The second-order valence-electron chi connectivity index (χ2n) is 6.30. The largest absolute Gasteiger partial charge is 0.493 e. The van der Waals surface area contributed by atoms with Crippen molar-refractivity contribution in [1.82, 2.24) is 9.97 Å². The van der Waals surface area contributed by atoms with Crippen molar-refractivity contribution in [2.24, 2.45) is 0 Å². The molecule has 3 N–H and O–H groups in total. The van der Waals surface area contributed by atoms with Crippen molar-refractivity contribution in [3.63, 3.8) is 0 Å². The Hall–Kier alpha value is -3.81. The maximum absolute atomic E-state index is 11.1. The van der Waals surface area contributed by atoms with Gasteiger partial charge in [0, 0.05) is 41.8 Å². The number of carbonyl (C=O) groups excluding carboxylic acids is 1. The summed E-state index contributed by atoms with van der Waals surface area (Å²) in [5.74, 6) is 2.25. The zero-order valence-corrected chi connectivity index (χ0v) is 16.7. The summed E-state index contributed by atoms with van der Waals surface area (Å²) in [4.78, 5) is 20.1. The van der Waals surface area contributed by atoms with E-state index in [-0.39, 0.29) is 5.91 Å². The molecule has 0 radical (unpaired) electrons. The average Bonchev–Trinajstić information content (AvgIpc) is 2.68. The number of rotatable bonds is 7. The number of hydrogen-bond donors (Lipinski definition) is 3. The number of benzene rings is 2. The Morgan fingerprint density at radius 1 is 0.828 bits per heavy atom. The Kier molecular flexibility index (Phi) is 6.13. The smallest absolute Gasteiger partial charge is 0.229 e. The molecule has 1 amide bonds. The summed E-state index contributed by atoms with van der Waals surface area (Å²) in [6.45, 7) is 3.37. The first-order valence-corrected chi connectivity index (χ1v) is 8.96. The number of ether oxygens (including phenoxy) is 2. The van der Waals surface area contributed by atoms with Gasteiger partial charge in [-0.25, -0.2) is 4.98 Å². The lowest BCUT2D eigenvalue weighted by atomic mass is 10.2. The molecular formula is C21H23N5O3. The second kappa shape index (κ2) is 8.92. The molecule has 0 aliphatic carbocycles. The summed E-state index contributed by atoms with van der Waals surface area (Å²) in [6, 6.07) is 14.7. The first-order valence-electron chi connectivity index (χ1n) is 8.96. The van der Waals surface area contributed by atoms with Crippen LogP contribution in [0.25, 0.3) is 0 Å². The first-order chi connectivity index (χ1) is 14.0. The van der Waals surface area contributed by atoms with Gasteiger partial charge in [0.25, 0.3) is 0 Å². The normalized spacial score (nSPS) is 10.2. The molecule has 150 valence electrons. The van der Waals surface area contributed by atoms with Crippen LogP contribution in [0.4, 0.5) is 28.8 Å². The summed E-state index contributed by atoms with van der Waals surface area (Å²) in [5, 5.41) is 9.16. The number of anilines is 5. The fraction of sp³-hybridized carbons (Fsp3) is 0.190. The maximum atomic E-state index is 11.1. The van der Waals surface area contributed by atoms with Crippen LogP contribution >= 0.6 is 0 Å². The van der Waals surface area contributed by atoms with E-state index in [1.54, 1.807) is 14.2 Å². The highest BCUT2D eigenvalue weighted by Crippen LogP contribution is 2.31. The molecule has 8 nitrogen and oxygen atoms in total. The van der Waals surface area contributed by atoms with Gasteiger partial charge in [0.05, 0.1) is 14.2 Å². The van der Waals surface area contributed by atoms with Gasteiger partial charge in [-0.05, 0) is 43.3 Å². The lowest BCUT2D eigenvalue weighted by molar-refractivity contribution is -0.114. The second-order valence-corrected chi connectivity index (χ2v) is 6.30. The van der Waals surface area contributed by atoms with Crippen LogP contribution in [-0.2, 0) is 4.79 Å². The van der Waals surface area contributed by atoms with Crippen LogP contribution in [0.1, 0.15) is 12.6 Å². The molecule has 0 unspecified atom stereocenters. The van der Waals surface area contributed by atoms with Crippen LogP contribution < -0.4 is 25.4 Å². The zero-order valence-electron chi connectivity index (χ0n) is 16.7. The van der Waals surface area contributed by atoms with E-state index in [1.807, 2.05) is 55.5 Å². The first kappa shape index (κ1) is 19.9. The van der Waals surface area contributed by atoms with E-state index in [1.165, 1.54) is 6.92 Å². The van der Waals surface area contributed by atoms with E-state index >= 15 is 0 Å². The van der Waals surface area contributed by atoms with Gasteiger partial charge < -0.3 is 25.4 Å². The van der Waals surface area contributed by atoms with Gasteiger partial charge in [-0.3, -0.25) is 4.79 Å². The quantitative estimate of drug-likeness (QED) is 0.552. The minimum atomic E-state index is -0.108. The molecule has 0 bridgehead atoms. The van der Waals surface area contributed by atoms with Crippen molar-refractivity contribution in [1.29, 1.82) is 0 Å². The third-order valence-electron chi connectivity index (χ3n) is 3.97. The molecule has 0 saturated carbocycles. The fourth-order valence-corrected chi connectivity index (χ4v) is 2.72. The molecule has 0 atom stereocenters. The monoisotopic (exact) mass is 393 g/mol. The van der Waals surface area contributed by atoms with Crippen molar-refractivity contribution in [3.05, 3.63) is 54.2 Å². The molecule has 3 rings (SSSR count). The highest BCUT2D eigenvalue weighted by atomic mass is 16.5. The Morgan fingerprint density at radius 3 is 2.14 bits per heavy atom. The molecule has 2 aromatic carbocycles. The highest BCUT2D eigenvalue weighted by molar-refractivity contribution is 5.88. The Balaban J connectivity index is 1.77. The van der Waals surface area contributed by atoms with Crippen LogP contribution in [0.15, 0.2) is 48.5 Å². The molecule has 1 aromatic heterocycles. The molecule has 0 aliphatic heterocycles. The molecule has 0 fully saturated rings. The van der Waals surface area contributed by atoms with Crippen LogP contribution in [0.5, 0.6) is 11.5 Å². The summed E-state index contributed by atoms with van der Waals surface area (Å²) in [6.07, 6.45) is 0. The van der Waals surface area contributed by atoms with E-state index < -0.39 is 0 Å². The van der Waals surface area contributed by atoms with Crippen molar-refractivity contribution in [3.8, 4) is 11.5 Å². The molecular weight excluding hydrogens is 370 g/mol. The molecule has 29 heavy (non-hydrogen) atoms. The van der Waals surface area contributed by atoms with E-state index in [2.05, 4.69) is 25.9 Å². The molecule has 1 heterocycles. The van der Waals surface area contributed by atoms with Gasteiger partial charge in [-0.2, -0.15) is 4.98 Å². The number of nitrogens with zero attached hydrogens (tertiary/aromatic N) is 2. The van der Waals surface area contributed by atoms with E-state index in [9.17, 15) is 4.79 Å². The average molecular weight is 393 g/mol. The maximum Gasteiger partial charge on any atom is 0.229 e. The van der Waals surface area contributed by atoms with Crippen LogP contribution in [-0.4, -0.2) is 30.1 Å². The molecule has 0 saturated heterocycles. The van der Waals surface area contributed by atoms with Gasteiger partial charge in [0.1, 0.15) is 5.82 Å². The van der Waals surface area contributed by atoms with Crippen LogP contribution in [0.2, 0.25) is 0 Å². The van der Waals surface area contributed by atoms with Gasteiger partial charge in [0.2, 0.25) is 11.9 Å². The standard InChI is InChI=1S/C21H23N5O3/c1-13-11-20(24-16-7-5-15(6-8-16)23-14(2)27)26-21(22-13)25-17-9-10-18(28-3)19(12-17)29-4/h5-12H,1-4H3,(H,23,27)(H2,22,24,25,26). The molecule has 0 spiro atoms. The zero-order chi connectivity index (χ0) is 20.8. The minimum Gasteiger partial charge on any atom is -0.493 e. The highest BCUT2D eigenvalue weighted by Gasteiger charge is 2.08. The van der Waals surface area contributed by atoms with E-state index in [4.69, 9.17) is 9.47 Å². The van der Waals surface area contributed by atoms with Crippen LogP contribution in [0, 0.1) is 6.92 Å². The lowest BCUT2D eigenvalue weighted by Gasteiger charge is -2.12. The molecule has 3 aromatic rings. The Morgan fingerprint density at radius 2 is 1.48 bits per heavy atom. The van der Waals surface area contributed by atoms with Gasteiger partial charge in [-0.1, -0.05) is 0 Å². The molecule has 0 aliphatic rings. The SMILES string of the molecule is COc1ccc(Nc2nc(C)cc(Nc3ccc(NC(C)=O)cc3)n2)cc1OC. The summed E-state index contributed by atoms with van der Waals surface area (Å²) in [7, 11) is 3.18. The van der Waals surface area contributed by atoms with E-state index in [0.29, 0.717) is 23.3 Å². The number of aryl methyl sites for hydroxylation is 1. The number of amides is 1. The van der Waals surface area contributed by atoms with Gasteiger partial charge >= 0.3 is 0 Å². The number of aromatic nitrogens is 2. The van der Waals surface area contributed by atoms with Crippen LogP contribution in [0.3, 0.4) is 0 Å². The Labute approximate surface area is 169 Å². The van der Waals surface area contributed by atoms with Crippen molar-refractivity contribution in [2.75, 3.05) is 30.2 Å². The predicted molar refractivity (Wildman–Crippen MR) is 114 cm³/mol. The van der Waals surface area contributed by atoms with E-state index in [0.717, 1.165) is 22.8 Å². The van der Waals surface area contributed by atoms with Crippen molar-refractivity contribution >= 4 is 34.7 Å². The fourth-order valence-electron chi connectivity index (χ4n) is 2.72. The molecule has 8 heteroatoms. The summed E-state index contributed by atoms with van der Waals surface area (Å²) >= 11 is 0. The predicted octanol–water partition coefficient (Wildman–Crippen LogP) is 4.25. The lowest BCUT2D eigenvalue weighted by Crippen LogP contribution is -2.05. The number of nitrogens with one attached hydrogen (secondary N) is 3. The third-order valence-corrected chi connectivity index (χ3v) is 3.97. The van der Waals surface area contributed by atoms with Crippen molar-refractivity contribution in [2.45, 2.75) is 13.8 Å². The third kappa shape index (κ3) is 5.35. The number of carbonyl (C=O) groups is 1. The van der Waals surface area contributed by atoms with Gasteiger partial charge in [0.15, 0.2) is 11.5 Å². The summed E-state index contributed by atoms with van der Waals surface area (Å²) in [5.41, 5.74) is 3.16. The van der Waals surface area contributed by atoms with Crippen molar-refractivity contribution < 1.29 is 14.3 Å². The Bertz CT molecular complexity index is 1010. The number of methoxy groups -OCH3 is 2. The topological polar surface area (TPSA) is 97.4 Å².